The van der Waals surface area contributed by atoms with Crippen LogP contribution in [0, 0.1) is 0 Å². The summed E-state index contributed by atoms with van der Waals surface area (Å²) in [5.74, 6) is 0.553. The second-order valence-corrected chi connectivity index (χ2v) is 4.44. The summed E-state index contributed by atoms with van der Waals surface area (Å²) in [7, 11) is 0. The fourth-order valence-corrected chi connectivity index (χ4v) is 1.51. The summed E-state index contributed by atoms with van der Waals surface area (Å²) in [5.41, 5.74) is 0.848. The SMILES string of the molecule is CCOCCNC(=O)NCc1cccnc1OC(C)C. The molecule has 0 saturated carbocycles. The van der Waals surface area contributed by atoms with Crippen LogP contribution in [0.5, 0.6) is 5.88 Å². The molecular formula is C14H23N3O3. The molecule has 6 heteroatoms. The number of nitrogens with zero attached hydrogens (tertiary/aromatic N) is 1. The average molecular weight is 281 g/mol. The van der Waals surface area contributed by atoms with Crippen molar-refractivity contribution in [2.24, 2.45) is 0 Å². The Morgan fingerprint density at radius 1 is 1.40 bits per heavy atom. The molecule has 2 N–H and O–H groups in total. The third kappa shape index (κ3) is 6.38. The molecule has 112 valence electrons. The minimum absolute atomic E-state index is 0.0451. The number of pyridine rings is 1. The maximum Gasteiger partial charge on any atom is 0.315 e. The van der Waals surface area contributed by atoms with E-state index in [0.29, 0.717) is 32.2 Å². The first-order chi connectivity index (χ1) is 9.63. The summed E-state index contributed by atoms with van der Waals surface area (Å²) in [5, 5.41) is 5.48. The lowest BCUT2D eigenvalue weighted by Gasteiger charge is -2.13. The Labute approximate surface area is 119 Å². The van der Waals surface area contributed by atoms with E-state index in [4.69, 9.17) is 9.47 Å². The second-order valence-electron chi connectivity index (χ2n) is 4.44. The summed E-state index contributed by atoms with van der Waals surface area (Å²) in [4.78, 5) is 15.7. The monoisotopic (exact) mass is 281 g/mol. The van der Waals surface area contributed by atoms with Crippen LogP contribution in [0.3, 0.4) is 0 Å². The van der Waals surface area contributed by atoms with Crippen LogP contribution in [0.15, 0.2) is 18.3 Å². The molecule has 1 aromatic rings. The standard InChI is InChI=1S/C14H23N3O3/c1-4-19-9-8-16-14(18)17-10-12-6-5-7-15-13(12)20-11(2)3/h5-7,11H,4,8-10H2,1-3H3,(H2,16,17,18). The molecule has 0 spiro atoms. The number of nitrogens with one attached hydrogen (secondary N) is 2. The lowest BCUT2D eigenvalue weighted by atomic mass is 10.2. The summed E-state index contributed by atoms with van der Waals surface area (Å²) >= 11 is 0. The van der Waals surface area contributed by atoms with Gasteiger partial charge in [0.05, 0.1) is 12.7 Å². The lowest BCUT2D eigenvalue weighted by Crippen LogP contribution is -2.37. The van der Waals surface area contributed by atoms with Gasteiger partial charge in [0.1, 0.15) is 0 Å². The second kappa shape index (κ2) is 9.14. The van der Waals surface area contributed by atoms with Gasteiger partial charge in [-0.2, -0.15) is 0 Å². The predicted octanol–water partition coefficient (Wildman–Crippen LogP) is 1.70. The number of carbonyl (C=O) groups excluding carboxylic acids is 1. The van der Waals surface area contributed by atoms with Gasteiger partial charge in [0.2, 0.25) is 5.88 Å². The van der Waals surface area contributed by atoms with Crippen LogP contribution in [0.2, 0.25) is 0 Å². The lowest BCUT2D eigenvalue weighted by molar-refractivity contribution is 0.149. The van der Waals surface area contributed by atoms with Crippen molar-refractivity contribution >= 4 is 6.03 Å². The van der Waals surface area contributed by atoms with Crippen LogP contribution in [-0.2, 0) is 11.3 Å². The van der Waals surface area contributed by atoms with Gasteiger partial charge in [-0.1, -0.05) is 6.07 Å². The average Bonchev–Trinajstić information content (AvgIpc) is 2.42. The van der Waals surface area contributed by atoms with Gasteiger partial charge in [-0.25, -0.2) is 9.78 Å². The van der Waals surface area contributed by atoms with E-state index < -0.39 is 0 Å². The van der Waals surface area contributed by atoms with E-state index in [2.05, 4.69) is 15.6 Å². The van der Waals surface area contributed by atoms with Crippen LogP contribution >= 0.6 is 0 Å². The van der Waals surface area contributed by atoms with Gasteiger partial charge in [-0.05, 0) is 26.8 Å². The van der Waals surface area contributed by atoms with Crippen molar-refractivity contribution in [3.8, 4) is 5.88 Å². The Kier molecular flexibility index (Phi) is 7.42. The van der Waals surface area contributed by atoms with Crippen LogP contribution in [0.1, 0.15) is 26.3 Å². The smallest absolute Gasteiger partial charge is 0.315 e. The number of hydrogen-bond acceptors (Lipinski definition) is 4. The minimum Gasteiger partial charge on any atom is -0.475 e. The van der Waals surface area contributed by atoms with E-state index in [1.807, 2.05) is 32.9 Å². The summed E-state index contributed by atoms with van der Waals surface area (Å²) < 4.78 is 10.7. The molecule has 0 unspecified atom stereocenters. The van der Waals surface area contributed by atoms with Gasteiger partial charge in [-0.15, -0.1) is 0 Å². The molecule has 0 aromatic carbocycles. The molecule has 0 saturated heterocycles. The largest absolute Gasteiger partial charge is 0.475 e. The van der Waals surface area contributed by atoms with Crippen LogP contribution < -0.4 is 15.4 Å². The Morgan fingerprint density at radius 3 is 2.90 bits per heavy atom. The molecular weight excluding hydrogens is 258 g/mol. The van der Waals surface area contributed by atoms with Crippen LogP contribution in [0.25, 0.3) is 0 Å². The first kappa shape index (κ1) is 16.2. The Balaban J connectivity index is 2.39. The number of aromatic nitrogens is 1. The minimum atomic E-state index is -0.232. The third-order valence-electron chi connectivity index (χ3n) is 2.37. The van der Waals surface area contributed by atoms with E-state index in [-0.39, 0.29) is 12.1 Å². The number of urea groups is 1. The number of amides is 2. The number of hydrogen-bond donors (Lipinski definition) is 2. The highest BCUT2D eigenvalue weighted by molar-refractivity contribution is 5.73. The molecule has 2 amide bonds. The molecule has 0 atom stereocenters. The summed E-state index contributed by atoms with van der Waals surface area (Å²) in [6.45, 7) is 7.81. The summed E-state index contributed by atoms with van der Waals surface area (Å²) in [6, 6.07) is 3.46. The molecule has 0 bridgehead atoms. The van der Waals surface area contributed by atoms with Gasteiger partial charge in [-0.3, -0.25) is 0 Å². The Morgan fingerprint density at radius 2 is 2.20 bits per heavy atom. The van der Waals surface area contributed by atoms with Crippen molar-refractivity contribution in [1.82, 2.24) is 15.6 Å². The summed E-state index contributed by atoms with van der Waals surface area (Å²) in [6.07, 6.45) is 1.72. The number of rotatable bonds is 8. The molecule has 0 aliphatic rings. The quantitative estimate of drug-likeness (QED) is 0.711. The van der Waals surface area contributed by atoms with Gasteiger partial charge < -0.3 is 20.1 Å². The van der Waals surface area contributed by atoms with E-state index in [9.17, 15) is 4.79 Å². The molecule has 0 aliphatic carbocycles. The Hall–Kier alpha value is -1.82. The normalized spacial score (nSPS) is 10.4. The molecule has 20 heavy (non-hydrogen) atoms. The van der Waals surface area contributed by atoms with Crippen molar-refractivity contribution < 1.29 is 14.3 Å². The van der Waals surface area contributed by atoms with Gasteiger partial charge in [0.15, 0.2) is 0 Å². The zero-order valence-electron chi connectivity index (χ0n) is 12.3. The van der Waals surface area contributed by atoms with Crippen molar-refractivity contribution in [3.05, 3.63) is 23.9 Å². The van der Waals surface area contributed by atoms with Gasteiger partial charge in [0, 0.05) is 31.5 Å². The highest BCUT2D eigenvalue weighted by Gasteiger charge is 2.08. The Bertz CT molecular complexity index is 410. The molecule has 1 aromatic heterocycles. The van der Waals surface area contributed by atoms with Crippen molar-refractivity contribution in [2.75, 3.05) is 19.8 Å². The van der Waals surface area contributed by atoms with E-state index in [0.717, 1.165) is 5.56 Å². The fourth-order valence-electron chi connectivity index (χ4n) is 1.51. The van der Waals surface area contributed by atoms with Crippen molar-refractivity contribution in [2.45, 2.75) is 33.4 Å². The van der Waals surface area contributed by atoms with E-state index in [1.165, 1.54) is 0 Å². The van der Waals surface area contributed by atoms with Gasteiger partial charge >= 0.3 is 6.03 Å². The number of carbonyl (C=O) groups is 1. The molecule has 1 rings (SSSR count). The zero-order chi connectivity index (χ0) is 14.8. The van der Waals surface area contributed by atoms with Gasteiger partial charge in [0.25, 0.3) is 0 Å². The van der Waals surface area contributed by atoms with Crippen LogP contribution in [-0.4, -0.2) is 36.9 Å². The third-order valence-corrected chi connectivity index (χ3v) is 2.37. The zero-order valence-corrected chi connectivity index (χ0v) is 12.3. The maximum absolute atomic E-state index is 11.6. The number of ether oxygens (including phenoxy) is 2. The molecule has 1 heterocycles. The molecule has 0 radical (unpaired) electrons. The van der Waals surface area contributed by atoms with Crippen molar-refractivity contribution in [1.29, 1.82) is 0 Å². The van der Waals surface area contributed by atoms with Crippen molar-refractivity contribution in [3.63, 3.8) is 0 Å². The first-order valence-corrected chi connectivity index (χ1v) is 6.83. The molecule has 0 aliphatic heterocycles. The molecule has 0 fully saturated rings. The van der Waals surface area contributed by atoms with E-state index in [1.54, 1.807) is 6.20 Å². The molecule has 6 nitrogen and oxygen atoms in total. The maximum atomic E-state index is 11.6. The van der Waals surface area contributed by atoms with E-state index >= 15 is 0 Å². The highest BCUT2D eigenvalue weighted by Crippen LogP contribution is 2.15. The highest BCUT2D eigenvalue weighted by atomic mass is 16.5. The fraction of sp³-hybridized carbons (Fsp3) is 0.571. The predicted molar refractivity (Wildman–Crippen MR) is 76.7 cm³/mol. The first-order valence-electron chi connectivity index (χ1n) is 6.83. The topological polar surface area (TPSA) is 72.5 Å². The van der Waals surface area contributed by atoms with Crippen LogP contribution in [0.4, 0.5) is 4.79 Å².